The van der Waals surface area contributed by atoms with Crippen LogP contribution in [0.5, 0.6) is 0 Å². The van der Waals surface area contributed by atoms with Crippen LogP contribution in [0.1, 0.15) is 0 Å². The van der Waals surface area contributed by atoms with Crippen molar-refractivity contribution in [2.75, 3.05) is 32.6 Å². The molecule has 3 rings (SSSR count). The molecule has 3 aromatic rings. The quantitative estimate of drug-likeness (QED) is 0.266. The van der Waals surface area contributed by atoms with Gasteiger partial charge in [0, 0.05) is 26.0 Å². The maximum absolute atomic E-state index is 13.5. The van der Waals surface area contributed by atoms with Crippen molar-refractivity contribution in [3.05, 3.63) is 39.0 Å². The number of nitrogens with zero attached hydrogens (tertiary/aromatic N) is 4. The Bertz CT molecular complexity index is 1200. The van der Waals surface area contributed by atoms with Crippen molar-refractivity contribution in [2.24, 2.45) is 0 Å². The molecule has 31 heavy (non-hydrogen) atoms. The summed E-state index contributed by atoms with van der Waals surface area (Å²) < 4.78 is 57.3. The molecule has 0 bridgehead atoms. The third-order valence-electron chi connectivity index (χ3n) is 3.67. The SMILES string of the molecule is COCCNS(=O)(=O)NCCSc1nonc1-c1noc(=O)n1-c1ccc(F)c(Br)c1. The zero-order valence-corrected chi connectivity index (χ0v) is 19.1. The lowest BCUT2D eigenvalue weighted by Crippen LogP contribution is -2.39. The second-order valence-electron chi connectivity index (χ2n) is 5.76. The molecule has 0 spiro atoms. The molecule has 0 fully saturated rings. The van der Waals surface area contributed by atoms with Gasteiger partial charge in [-0.15, -0.1) is 0 Å². The van der Waals surface area contributed by atoms with Gasteiger partial charge >= 0.3 is 5.76 Å². The first kappa shape index (κ1) is 23.6. The van der Waals surface area contributed by atoms with Gasteiger partial charge in [0.1, 0.15) is 5.82 Å². The summed E-state index contributed by atoms with van der Waals surface area (Å²) in [5, 5.41) is 11.5. The van der Waals surface area contributed by atoms with E-state index >= 15 is 0 Å². The normalized spacial score (nSPS) is 11.8. The molecule has 0 aliphatic carbocycles. The Balaban J connectivity index is 1.71. The molecule has 16 heteroatoms. The first-order chi connectivity index (χ1) is 14.8. The van der Waals surface area contributed by atoms with E-state index in [1.54, 1.807) is 0 Å². The minimum atomic E-state index is -3.66. The van der Waals surface area contributed by atoms with Crippen molar-refractivity contribution in [1.82, 2.24) is 29.5 Å². The topological polar surface area (TPSA) is 154 Å². The van der Waals surface area contributed by atoms with Crippen molar-refractivity contribution in [3.63, 3.8) is 0 Å². The lowest BCUT2D eigenvalue weighted by molar-refractivity contribution is 0.204. The number of thioether (sulfide) groups is 1. The number of hydrogen-bond donors (Lipinski definition) is 2. The van der Waals surface area contributed by atoms with E-state index in [1.807, 2.05) is 0 Å². The number of nitrogens with one attached hydrogen (secondary N) is 2. The van der Waals surface area contributed by atoms with Gasteiger partial charge in [0.25, 0.3) is 10.2 Å². The summed E-state index contributed by atoms with van der Waals surface area (Å²) in [5.41, 5.74) is 0.390. The number of rotatable bonds is 11. The molecule has 2 heterocycles. The molecule has 2 aromatic heterocycles. The smallest absolute Gasteiger partial charge is 0.383 e. The highest BCUT2D eigenvalue weighted by atomic mass is 79.9. The van der Waals surface area contributed by atoms with E-state index in [0.29, 0.717) is 0 Å². The lowest BCUT2D eigenvalue weighted by atomic mass is 10.3. The van der Waals surface area contributed by atoms with Crippen molar-refractivity contribution >= 4 is 37.9 Å². The fourth-order valence-electron chi connectivity index (χ4n) is 2.32. The molecule has 0 amide bonds. The predicted octanol–water partition coefficient (Wildman–Crippen LogP) is 0.940. The van der Waals surface area contributed by atoms with E-state index in [2.05, 4.69) is 40.8 Å². The number of benzene rings is 1. The monoisotopic (exact) mass is 538 g/mol. The molecule has 0 aliphatic heterocycles. The van der Waals surface area contributed by atoms with Gasteiger partial charge in [-0.05, 0) is 44.4 Å². The minimum absolute atomic E-state index is 0.00549. The van der Waals surface area contributed by atoms with E-state index < -0.39 is 21.8 Å². The van der Waals surface area contributed by atoms with Gasteiger partial charge in [0.15, 0.2) is 10.7 Å². The van der Waals surface area contributed by atoms with E-state index in [-0.39, 0.29) is 52.2 Å². The molecule has 0 saturated carbocycles. The molecule has 1 aromatic carbocycles. The Morgan fingerprint density at radius 1 is 1.26 bits per heavy atom. The maximum atomic E-state index is 13.5. The molecule has 0 radical (unpaired) electrons. The average Bonchev–Trinajstić information content (AvgIpc) is 3.33. The van der Waals surface area contributed by atoms with Gasteiger partial charge in [-0.3, -0.25) is 4.52 Å². The first-order valence-corrected chi connectivity index (χ1v) is 11.8. The van der Waals surface area contributed by atoms with E-state index in [0.717, 1.165) is 16.3 Å². The number of methoxy groups -OCH3 is 1. The first-order valence-electron chi connectivity index (χ1n) is 8.55. The number of ether oxygens (including phenoxy) is 1. The Morgan fingerprint density at radius 2 is 2.03 bits per heavy atom. The van der Waals surface area contributed by atoms with Crippen LogP contribution < -0.4 is 15.2 Å². The van der Waals surface area contributed by atoms with Crippen LogP contribution in [0.4, 0.5) is 4.39 Å². The van der Waals surface area contributed by atoms with Crippen LogP contribution in [0, 0.1) is 5.82 Å². The molecular formula is C15H16BrFN6O6S2. The van der Waals surface area contributed by atoms with Crippen LogP contribution in [0.3, 0.4) is 0 Å². The number of halogens is 2. The molecular weight excluding hydrogens is 523 g/mol. The minimum Gasteiger partial charge on any atom is -0.383 e. The van der Waals surface area contributed by atoms with Gasteiger partial charge in [-0.25, -0.2) is 23.1 Å². The number of hydrogen-bond acceptors (Lipinski definition) is 10. The highest BCUT2D eigenvalue weighted by Crippen LogP contribution is 2.28. The third kappa shape index (κ3) is 5.98. The van der Waals surface area contributed by atoms with E-state index in [4.69, 9.17) is 13.9 Å². The number of aromatic nitrogens is 4. The molecule has 0 atom stereocenters. The van der Waals surface area contributed by atoms with Gasteiger partial charge in [-0.2, -0.15) is 13.1 Å². The summed E-state index contributed by atoms with van der Waals surface area (Å²) in [5.74, 6) is -1.05. The average molecular weight is 539 g/mol. The van der Waals surface area contributed by atoms with Crippen molar-refractivity contribution in [3.8, 4) is 17.2 Å². The standard InChI is InChI=1S/C15H16BrFN6O6S2/c1-27-6-4-18-31(25,26)19-5-7-30-14-12(20-29-22-14)13-21-28-15(24)23(13)9-2-3-11(17)10(16)8-9/h2-3,8,18-19H,4-7H2,1H3. The van der Waals surface area contributed by atoms with Crippen LogP contribution in [-0.2, 0) is 14.9 Å². The summed E-state index contributed by atoms with van der Waals surface area (Å²) >= 11 is 4.18. The van der Waals surface area contributed by atoms with Gasteiger partial charge < -0.3 is 4.74 Å². The van der Waals surface area contributed by atoms with Gasteiger partial charge in [-0.1, -0.05) is 16.9 Å². The van der Waals surface area contributed by atoms with Crippen molar-refractivity contribution in [1.29, 1.82) is 0 Å². The Kier molecular flexibility index (Phi) is 7.95. The van der Waals surface area contributed by atoms with Crippen LogP contribution in [0.25, 0.3) is 17.2 Å². The predicted molar refractivity (Wildman–Crippen MR) is 111 cm³/mol. The summed E-state index contributed by atoms with van der Waals surface area (Å²) in [6.45, 7) is 0.461. The zero-order chi connectivity index (χ0) is 22.4. The van der Waals surface area contributed by atoms with Gasteiger partial charge in [0.2, 0.25) is 5.82 Å². The molecule has 12 nitrogen and oxygen atoms in total. The largest absolute Gasteiger partial charge is 0.446 e. The molecule has 0 saturated heterocycles. The van der Waals surface area contributed by atoms with Crippen LogP contribution in [0.2, 0.25) is 0 Å². The Morgan fingerprint density at radius 3 is 2.77 bits per heavy atom. The summed E-state index contributed by atoms with van der Waals surface area (Å²) in [7, 11) is -2.20. The second kappa shape index (κ2) is 10.5. The fourth-order valence-corrected chi connectivity index (χ4v) is 4.39. The molecule has 0 unspecified atom stereocenters. The molecule has 168 valence electrons. The third-order valence-corrected chi connectivity index (χ3v) is 6.39. The Labute approximate surface area is 187 Å². The summed E-state index contributed by atoms with van der Waals surface area (Å²) in [6.07, 6.45) is 0. The van der Waals surface area contributed by atoms with E-state index in [9.17, 15) is 17.6 Å². The highest BCUT2D eigenvalue weighted by Gasteiger charge is 2.23. The molecule has 0 aliphatic rings. The van der Waals surface area contributed by atoms with Crippen LogP contribution >= 0.6 is 27.7 Å². The van der Waals surface area contributed by atoms with Crippen molar-refractivity contribution in [2.45, 2.75) is 5.03 Å². The van der Waals surface area contributed by atoms with Crippen LogP contribution in [-0.4, -0.2) is 61.0 Å². The van der Waals surface area contributed by atoms with Crippen LogP contribution in [0.15, 0.2) is 41.6 Å². The second-order valence-corrected chi connectivity index (χ2v) is 9.28. The summed E-state index contributed by atoms with van der Waals surface area (Å²) in [6, 6.07) is 3.92. The highest BCUT2D eigenvalue weighted by molar-refractivity contribution is 9.10. The fraction of sp³-hybridized carbons (Fsp3) is 0.333. The maximum Gasteiger partial charge on any atom is 0.446 e. The van der Waals surface area contributed by atoms with E-state index in [1.165, 1.54) is 25.3 Å². The zero-order valence-electron chi connectivity index (χ0n) is 15.9. The Hall–Kier alpha value is -2.11. The van der Waals surface area contributed by atoms with Crippen molar-refractivity contribution < 1.29 is 26.7 Å². The van der Waals surface area contributed by atoms with Gasteiger partial charge in [0.05, 0.1) is 16.8 Å². The summed E-state index contributed by atoms with van der Waals surface area (Å²) in [4.78, 5) is 12.2. The lowest BCUT2D eigenvalue weighted by Gasteiger charge is -2.07. The molecule has 2 N–H and O–H groups in total.